The fraction of sp³-hybridized carbons (Fsp3) is 0.154. The second-order valence-electron chi connectivity index (χ2n) is 3.72. The van der Waals surface area contributed by atoms with E-state index in [9.17, 15) is 14.4 Å². The lowest BCUT2D eigenvalue weighted by Gasteiger charge is -2.03. The van der Waals surface area contributed by atoms with Crippen LogP contribution in [0.25, 0.3) is 6.08 Å². The number of carbonyl (C=O) groups is 3. The summed E-state index contributed by atoms with van der Waals surface area (Å²) >= 11 is 0. The van der Waals surface area contributed by atoms with E-state index in [-0.39, 0.29) is 11.5 Å². The smallest absolute Gasteiger partial charge is 0.352 e. The zero-order valence-electron chi connectivity index (χ0n) is 10.1. The van der Waals surface area contributed by atoms with E-state index >= 15 is 0 Å². The van der Waals surface area contributed by atoms with Gasteiger partial charge in [0.2, 0.25) is 5.91 Å². The first-order valence-corrected chi connectivity index (χ1v) is 5.23. The molecule has 1 aromatic carbocycles. The number of benzene rings is 1. The molecule has 0 aliphatic heterocycles. The Bertz CT molecular complexity index is 514. The van der Waals surface area contributed by atoms with Crippen molar-refractivity contribution in [3.05, 3.63) is 41.1 Å². The molecule has 0 aliphatic carbocycles. The zero-order valence-corrected chi connectivity index (χ0v) is 10.1. The van der Waals surface area contributed by atoms with E-state index in [1.807, 2.05) is 0 Å². The quantitative estimate of drug-likeness (QED) is 0.623. The van der Waals surface area contributed by atoms with Gasteiger partial charge in [0.15, 0.2) is 5.78 Å². The minimum atomic E-state index is -1.22. The molecule has 0 spiro atoms. The Kier molecular flexibility index (Phi) is 4.37. The van der Waals surface area contributed by atoms with Gasteiger partial charge in [-0.25, -0.2) is 4.79 Å². The maximum Gasteiger partial charge on any atom is 0.352 e. The van der Waals surface area contributed by atoms with Crippen LogP contribution >= 0.6 is 0 Å². The molecule has 0 radical (unpaired) electrons. The number of hydrogen-bond acceptors (Lipinski definition) is 3. The topological polar surface area (TPSA) is 83.5 Å². The number of ketones is 1. The first-order chi connectivity index (χ1) is 8.40. The molecule has 1 rings (SSSR count). The summed E-state index contributed by atoms with van der Waals surface area (Å²) in [5.74, 6) is -1.74. The van der Waals surface area contributed by atoms with Gasteiger partial charge in [0, 0.05) is 12.5 Å². The minimum Gasteiger partial charge on any atom is -0.477 e. The van der Waals surface area contributed by atoms with E-state index < -0.39 is 11.9 Å². The maximum atomic E-state index is 11.1. The normalized spacial score (nSPS) is 10.9. The minimum absolute atomic E-state index is 0.0640. The van der Waals surface area contributed by atoms with Gasteiger partial charge in [-0.3, -0.25) is 9.59 Å². The first kappa shape index (κ1) is 13.6. The highest BCUT2D eigenvalue weighted by Gasteiger charge is 2.08. The molecule has 0 saturated heterocycles. The summed E-state index contributed by atoms with van der Waals surface area (Å²) < 4.78 is 0. The number of aliphatic carboxylic acids is 1. The Morgan fingerprint density at radius 2 is 1.67 bits per heavy atom. The van der Waals surface area contributed by atoms with Crippen molar-refractivity contribution in [2.45, 2.75) is 13.8 Å². The molecule has 0 saturated carbocycles. The molecule has 1 aromatic rings. The summed E-state index contributed by atoms with van der Waals surface area (Å²) in [6.45, 7) is 2.68. The van der Waals surface area contributed by atoms with Crippen LogP contribution in [0.3, 0.4) is 0 Å². The third-order valence-electron chi connectivity index (χ3n) is 2.17. The van der Waals surface area contributed by atoms with Crippen molar-refractivity contribution in [1.82, 2.24) is 5.32 Å². The molecule has 5 nitrogen and oxygen atoms in total. The molecular weight excluding hydrogens is 234 g/mol. The predicted molar refractivity (Wildman–Crippen MR) is 65.9 cm³/mol. The molecule has 0 heterocycles. The van der Waals surface area contributed by atoms with E-state index in [1.54, 1.807) is 24.3 Å². The molecule has 0 aliphatic rings. The molecule has 0 fully saturated rings. The molecule has 2 N–H and O–H groups in total. The lowest BCUT2D eigenvalue weighted by Crippen LogP contribution is -2.24. The fourth-order valence-corrected chi connectivity index (χ4v) is 1.32. The van der Waals surface area contributed by atoms with E-state index in [2.05, 4.69) is 5.32 Å². The average Bonchev–Trinajstić information content (AvgIpc) is 2.28. The van der Waals surface area contributed by atoms with E-state index in [0.717, 1.165) is 0 Å². The number of carboxylic acids is 1. The summed E-state index contributed by atoms with van der Waals surface area (Å²) in [7, 11) is 0. The van der Waals surface area contributed by atoms with E-state index in [0.29, 0.717) is 11.1 Å². The van der Waals surface area contributed by atoms with Crippen LogP contribution in [-0.2, 0) is 9.59 Å². The summed E-state index contributed by atoms with van der Waals surface area (Å²) in [6.07, 6.45) is 1.33. The molecule has 94 valence electrons. The van der Waals surface area contributed by atoms with Crippen molar-refractivity contribution < 1.29 is 19.5 Å². The first-order valence-electron chi connectivity index (χ1n) is 5.23. The molecule has 0 atom stereocenters. The van der Waals surface area contributed by atoms with Crippen molar-refractivity contribution >= 4 is 23.7 Å². The predicted octanol–water partition coefficient (Wildman–Crippen LogP) is 1.45. The van der Waals surface area contributed by atoms with Crippen LogP contribution < -0.4 is 5.32 Å². The number of amides is 1. The maximum absolute atomic E-state index is 11.1. The molecule has 0 unspecified atom stereocenters. The van der Waals surface area contributed by atoms with Crippen molar-refractivity contribution in [3.8, 4) is 0 Å². The van der Waals surface area contributed by atoms with Gasteiger partial charge in [-0.15, -0.1) is 0 Å². The van der Waals surface area contributed by atoms with Crippen LogP contribution in [-0.4, -0.2) is 22.8 Å². The van der Waals surface area contributed by atoms with Gasteiger partial charge in [0.25, 0.3) is 0 Å². The Balaban J connectivity index is 3.01. The third-order valence-corrected chi connectivity index (χ3v) is 2.17. The number of carbonyl (C=O) groups excluding carboxylic acids is 2. The Morgan fingerprint density at radius 1 is 1.11 bits per heavy atom. The fourth-order valence-electron chi connectivity index (χ4n) is 1.32. The van der Waals surface area contributed by atoms with Gasteiger partial charge in [0.1, 0.15) is 5.70 Å². The second kappa shape index (κ2) is 5.77. The average molecular weight is 247 g/mol. The van der Waals surface area contributed by atoms with Crippen molar-refractivity contribution in [2.24, 2.45) is 0 Å². The van der Waals surface area contributed by atoms with Gasteiger partial charge in [-0.05, 0) is 18.6 Å². The highest BCUT2D eigenvalue weighted by atomic mass is 16.4. The van der Waals surface area contributed by atoms with Gasteiger partial charge in [-0.2, -0.15) is 0 Å². The molecule has 1 amide bonds. The molecular formula is C13H13NO4. The van der Waals surface area contributed by atoms with Crippen LogP contribution in [0, 0.1) is 0 Å². The zero-order chi connectivity index (χ0) is 13.7. The van der Waals surface area contributed by atoms with Crippen LogP contribution in [0.5, 0.6) is 0 Å². The monoisotopic (exact) mass is 247 g/mol. The molecule has 0 aromatic heterocycles. The van der Waals surface area contributed by atoms with E-state index in [1.165, 1.54) is 19.9 Å². The largest absolute Gasteiger partial charge is 0.477 e. The molecule has 0 bridgehead atoms. The van der Waals surface area contributed by atoms with Crippen LogP contribution in [0.1, 0.15) is 29.8 Å². The van der Waals surface area contributed by atoms with Crippen molar-refractivity contribution in [3.63, 3.8) is 0 Å². The van der Waals surface area contributed by atoms with Gasteiger partial charge in [-0.1, -0.05) is 24.3 Å². The van der Waals surface area contributed by atoms with Gasteiger partial charge in [0.05, 0.1) is 0 Å². The number of hydrogen-bond donors (Lipinski definition) is 2. The number of nitrogens with one attached hydrogen (secondary N) is 1. The number of carboxylic acid groups (broad SMARTS) is 1. The SMILES string of the molecule is CC(=O)N/C(=C\c1ccc(C(C)=O)cc1)C(=O)O. The van der Waals surface area contributed by atoms with E-state index in [4.69, 9.17) is 5.11 Å². The standard InChI is InChI=1S/C13H13NO4/c1-8(15)11-5-3-10(4-6-11)7-12(13(17)18)14-9(2)16/h3-7H,1-2H3,(H,14,16)(H,17,18)/b12-7-. The second-order valence-corrected chi connectivity index (χ2v) is 3.72. The highest BCUT2D eigenvalue weighted by molar-refractivity contribution is 5.97. The van der Waals surface area contributed by atoms with Gasteiger partial charge >= 0.3 is 5.97 Å². The summed E-state index contributed by atoms with van der Waals surface area (Å²) in [4.78, 5) is 32.8. The lowest BCUT2D eigenvalue weighted by molar-refractivity contribution is -0.134. The Hall–Kier alpha value is -2.43. The Morgan fingerprint density at radius 3 is 2.06 bits per heavy atom. The summed E-state index contributed by atoms with van der Waals surface area (Å²) in [5, 5.41) is 11.1. The summed E-state index contributed by atoms with van der Waals surface area (Å²) in [5.41, 5.74) is 0.924. The Labute approximate surface area is 104 Å². The molecule has 18 heavy (non-hydrogen) atoms. The van der Waals surface area contributed by atoms with Crippen molar-refractivity contribution in [2.75, 3.05) is 0 Å². The lowest BCUT2D eigenvalue weighted by atomic mass is 10.1. The third kappa shape index (κ3) is 3.86. The van der Waals surface area contributed by atoms with Crippen molar-refractivity contribution in [1.29, 1.82) is 0 Å². The number of rotatable bonds is 4. The summed E-state index contributed by atoms with van der Waals surface area (Å²) in [6, 6.07) is 6.42. The van der Waals surface area contributed by atoms with Crippen LogP contribution in [0.2, 0.25) is 0 Å². The molecule has 5 heteroatoms. The van der Waals surface area contributed by atoms with Crippen LogP contribution in [0.4, 0.5) is 0 Å². The number of Topliss-reactive ketones (excluding diaryl/α,β-unsaturated/α-hetero) is 1. The van der Waals surface area contributed by atoms with Crippen LogP contribution in [0.15, 0.2) is 30.0 Å². The van der Waals surface area contributed by atoms with Gasteiger partial charge < -0.3 is 10.4 Å². The highest BCUT2D eigenvalue weighted by Crippen LogP contribution is 2.09.